The van der Waals surface area contributed by atoms with Crippen LogP contribution >= 0.6 is 0 Å². The Kier molecular flexibility index (Phi) is 9.67. The number of hydrogen-bond acceptors (Lipinski definition) is 7. The minimum absolute atomic E-state index is 0.0366. The molecule has 1 saturated heterocycles. The number of aliphatic hydroxyl groups is 1. The summed E-state index contributed by atoms with van der Waals surface area (Å²) in [6, 6.07) is 10.9. The highest BCUT2D eigenvalue weighted by Gasteiger charge is 2.51. The molecule has 10 nitrogen and oxygen atoms in total. The van der Waals surface area contributed by atoms with Crippen molar-refractivity contribution < 1.29 is 24.2 Å². The summed E-state index contributed by atoms with van der Waals surface area (Å²) in [5.41, 5.74) is 4.85. The molecular weight excluding hydrogens is 630 g/mol. The van der Waals surface area contributed by atoms with E-state index in [9.17, 15) is 14.7 Å². The van der Waals surface area contributed by atoms with Gasteiger partial charge >= 0.3 is 6.09 Å². The standard InChI is InChI=1S/C40H53N5O5/c1-27(2)45-24-31(23-42-45)30-11-19-41-36(22-30)44(37(47)29-5-8-34(9-6-29)50-38(48)43-20-12-33(43)25-46)26-39-13-16-40(17-14-39,18-15-39)32-7-10-35(49-4)28(3)21-32/h7,10-11,19,21-24,27,29,33-34,46H,5-6,8-9,12-18,20,25-26H2,1-4H3/t29?,33-,34?,39?,40?/m0/s1. The minimum Gasteiger partial charge on any atom is -0.496 e. The van der Waals surface area contributed by atoms with Crippen molar-refractivity contribution in [1.29, 1.82) is 0 Å². The van der Waals surface area contributed by atoms with E-state index in [2.05, 4.69) is 56.3 Å². The van der Waals surface area contributed by atoms with E-state index in [1.807, 2.05) is 28.0 Å². The van der Waals surface area contributed by atoms with Gasteiger partial charge in [0.25, 0.3) is 0 Å². The predicted octanol–water partition coefficient (Wildman–Crippen LogP) is 7.23. The molecule has 3 aromatic rings. The lowest BCUT2D eigenvalue weighted by Gasteiger charge is -2.55. The molecule has 8 rings (SSSR count). The number of aromatic nitrogens is 3. The molecule has 5 fully saturated rings. The van der Waals surface area contributed by atoms with Crippen LogP contribution in [0.3, 0.4) is 0 Å². The van der Waals surface area contributed by atoms with Crippen LogP contribution in [-0.2, 0) is 14.9 Å². The van der Waals surface area contributed by atoms with Gasteiger partial charge in [0.1, 0.15) is 17.7 Å². The largest absolute Gasteiger partial charge is 0.496 e. The first-order valence-electron chi connectivity index (χ1n) is 18.7. The highest BCUT2D eigenvalue weighted by Crippen LogP contribution is 2.58. The summed E-state index contributed by atoms with van der Waals surface area (Å²) in [7, 11) is 1.73. The number of carbonyl (C=O) groups excluding carboxylic acids is 2. The fourth-order valence-corrected chi connectivity index (χ4v) is 8.99. The first-order valence-corrected chi connectivity index (χ1v) is 18.7. The Morgan fingerprint density at radius 2 is 1.74 bits per heavy atom. The average molecular weight is 684 g/mol. The van der Waals surface area contributed by atoms with Crippen molar-refractivity contribution in [3.05, 3.63) is 60.0 Å². The summed E-state index contributed by atoms with van der Waals surface area (Å²) in [6.07, 6.45) is 15.3. The summed E-state index contributed by atoms with van der Waals surface area (Å²) in [5.74, 6) is 1.61. The number of benzene rings is 1. The quantitative estimate of drug-likeness (QED) is 0.240. The van der Waals surface area contributed by atoms with Gasteiger partial charge in [0.2, 0.25) is 5.91 Å². The van der Waals surface area contributed by atoms with Crippen LogP contribution in [0.15, 0.2) is 48.9 Å². The molecule has 2 aromatic heterocycles. The van der Waals surface area contributed by atoms with E-state index in [1.165, 1.54) is 11.1 Å². The number of hydrogen-bond donors (Lipinski definition) is 1. The Bertz CT molecular complexity index is 1670. The van der Waals surface area contributed by atoms with Gasteiger partial charge in [0, 0.05) is 43.0 Å². The van der Waals surface area contributed by atoms with Crippen LogP contribution in [0.2, 0.25) is 0 Å². The summed E-state index contributed by atoms with van der Waals surface area (Å²) in [4.78, 5) is 35.8. The summed E-state index contributed by atoms with van der Waals surface area (Å²) in [6.45, 7) is 7.60. The van der Waals surface area contributed by atoms with Crippen molar-refractivity contribution >= 4 is 17.8 Å². The maximum atomic E-state index is 14.7. The van der Waals surface area contributed by atoms with E-state index in [0.29, 0.717) is 44.6 Å². The smallest absolute Gasteiger partial charge is 0.410 e. The molecule has 10 heteroatoms. The van der Waals surface area contributed by atoms with Gasteiger partial charge in [-0.2, -0.15) is 5.10 Å². The number of anilines is 1. The van der Waals surface area contributed by atoms with Crippen LogP contribution in [0.25, 0.3) is 11.1 Å². The topological polar surface area (TPSA) is 110 Å². The minimum atomic E-state index is -0.344. The molecule has 1 N–H and O–H groups in total. The predicted molar refractivity (Wildman–Crippen MR) is 192 cm³/mol. The van der Waals surface area contributed by atoms with Crippen molar-refractivity contribution in [2.45, 2.75) is 115 Å². The van der Waals surface area contributed by atoms with Gasteiger partial charge in [-0.15, -0.1) is 0 Å². The van der Waals surface area contributed by atoms with Crippen molar-refractivity contribution in [1.82, 2.24) is 19.7 Å². The zero-order chi connectivity index (χ0) is 35.0. The van der Waals surface area contributed by atoms with Crippen molar-refractivity contribution in [3.63, 3.8) is 0 Å². The molecule has 5 aliphatic rings. The lowest BCUT2D eigenvalue weighted by atomic mass is 9.51. The fraction of sp³-hybridized carbons (Fsp3) is 0.600. The number of fused-ring (bicyclic) bond motifs is 3. The average Bonchev–Trinajstić information content (AvgIpc) is 3.63. The second-order valence-electron chi connectivity index (χ2n) is 15.8. The molecule has 4 aliphatic carbocycles. The van der Waals surface area contributed by atoms with Gasteiger partial charge in [0.05, 0.1) is 26.0 Å². The second-order valence-corrected chi connectivity index (χ2v) is 15.8. The Hall–Kier alpha value is -3.92. The zero-order valence-electron chi connectivity index (χ0n) is 30.1. The molecule has 1 aliphatic heterocycles. The third kappa shape index (κ3) is 6.63. The molecule has 2 bridgehead atoms. The number of aryl methyl sites for hydroxylation is 1. The fourth-order valence-electron chi connectivity index (χ4n) is 8.99. The highest BCUT2D eigenvalue weighted by atomic mass is 16.6. The van der Waals surface area contributed by atoms with E-state index in [0.717, 1.165) is 61.8 Å². The SMILES string of the molecule is COc1ccc(C23CCC(CN(C(=O)C4CCC(OC(=O)N5CC[C@H]5CO)CC4)c4cc(-c5cnn(C(C)C)c5)ccn4)(CC2)CC3)cc1C. The normalized spacial score (nSPS) is 27.6. The second kappa shape index (κ2) is 14.0. The number of likely N-dealkylation sites (tertiary alicyclic amines) is 1. The van der Waals surface area contributed by atoms with Gasteiger partial charge < -0.3 is 19.5 Å². The molecule has 0 spiro atoms. The number of amides is 2. The van der Waals surface area contributed by atoms with E-state index >= 15 is 0 Å². The molecule has 50 heavy (non-hydrogen) atoms. The van der Waals surface area contributed by atoms with E-state index < -0.39 is 0 Å². The van der Waals surface area contributed by atoms with Crippen LogP contribution < -0.4 is 9.64 Å². The van der Waals surface area contributed by atoms with E-state index in [1.54, 1.807) is 12.0 Å². The lowest BCUT2D eigenvalue weighted by molar-refractivity contribution is -0.124. The Labute approximate surface area is 296 Å². The maximum Gasteiger partial charge on any atom is 0.410 e. The molecular formula is C40H53N5O5. The summed E-state index contributed by atoms with van der Waals surface area (Å²) in [5, 5.41) is 14.1. The Balaban J connectivity index is 1.09. The summed E-state index contributed by atoms with van der Waals surface area (Å²) < 4.78 is 13.3. The van der Waals surface area contributed by atoms with Crippen molar-refractivity contribution in [2.75, 3.05) is 31.7 Å². The number of aliphatic hydroxyl groups excluding tert-OH is 1. The van der Waals surface area contributed by atoms with Crippen LogP contribution in [-0.4, -0.2) is 75.7 Å². The lowest BCUT2D eigenvalue weighted by Crippen LogP contribution is -2.54. The molecule has 2 amide bonds. The molecule has 4 saturated carbocycles. The highest BCUT2D eigenvalue weighted by molar-refractivity contribution is 5.95. The molecule has 3 heterocycles. The number of nitrogens with zero attached hydrogens (tertiary/aromatic N) is 5. The van der Waals surface area contributed by atoms with Gasteiger partial charge in [-0.3, -0.25) is 14.4 Å². The van der Waals surface area contributed by atoms with Gasteiger partial charge in [0.15, 0.2) is 0 Å². The van der Waals surface area contributed by atoms with Gasteiger partial charge in [-0.05, 0) is 137 Å². The molecule has 0 radical (unpaired) electrons. The number of methoxy groups -OCH3 is 1. The first-order chi connectivity index (χ1) is 24.1. The third-order valence-corrected chi connectivity index (χ3v) is 12.5. The van der Waals surface area contributed by atoms with Crippen molar-refractivity contribution in [2.24, 2.45) is 11.3 Å². The number of rotatable bonds is 10. The molecule has 268 valence electrons. The Morgan fingerprint density at radius 1 is 1.00 bits per heavy atom. The van der Waals surface area contributed by atoms with E-state index in [-0.39, 0.29) is 53.5 Å². The van der Waals surface area contributed by atoms with Gasteiger partial charge in [-0.25, -0.2) is 9.78 Å². The van der Waals surface area contributed by atoms with Crippen LogP contribution in [0, 0.1) is 18.3 Å². The molecule has 1 aromatic carbocycles. The van der Waals surface area contributed by atoms with Crippen LogP contribution in [0.4, 0.5) is 10.6 Å². The van der Waals surface area contributed by atoms with Crippen LogP contribution in [0.1, 0.15) is 102 Å². The molecule has 1 atom stereocenters. The molecule has 0 unspecified atom stereocenters. The number of carbonyl (C=O) groups is 2. The van der Waals surface area contributed by atoms with E-state index in [4.69, 9.17) is 14.5 Å². The van der Waals surface area contributed by atoms with Crippen LogP contribution in [0.5, 0.6) is 5.75 Å². The third-order valence-electron chi connectivity index (χ3n) is 12.5. The number of ether oxygens (including phenoxy) is 2. The van der Waals surface area contributed by atoms with Crippen molar-refractivity contribution in [3.8, 4) is 16.9 Å². The van der Waals surface area contributed by atoms with Gasteiger partial charge in [-0.1, -0.05) is 12.1 Å². The Morgan fingerprint density at radius 3 is 2.34 bits per heavy atom. The number of pyridine rings is 1. The zero-order valence-corrected chi connectivity index (χ0v) is 30.1. The summed E-state index contributed by atoms with van der Waals surface area (Å²) >= 11 is 0. The monoisotopic (exact) mass is 683 g/mol. The first kappa shape index (κ1) is 34.5. The maximum absolute atomic E-state index is 14.7.